The fourth-order valence-electron chi connectivity index (χ4n) is 3.61. The molecule has 2 N–H and O–H groups in total. The zero-order chi connectivity index (χ0) is 19.2. The van der Waals surface area contributed by atoms with Crippen LogP contribution in [-0.4, -0.2) is 29.9 Å². The Balaban J connectivity index is 1.65. The lowest BCUT2D eigenvalue weighted by atomic mass is 10.1. The van der Waals surface area contributed by atoms with Crippen molar-refractivity contribution in [3.05, 3.63) is 35.4 Å². The van der Waals surface area contributed by atoms with Crippen LogP contribution < -0.4 is 10.6 Å². The summed E-state index contributed by atoms with van der Waals surface area (Å²) in [6.45, 7) is 1.78. The molecule has 1 aromatic rings. The molecule has 0 bridgehead atoms. The number of amides is 2. The number of rotatable bonds is 6. The maximum Gasteiger partial charge on any atom is 0.306 e. The molecule has 1 aromatic carbocycles. The van der Waals surface area contributed by atoms with E-state index < -0.39 is 6.10 Å². The molecule has 1 aliphatic carbocycles. The predicted molar refractivity (Wildman–Crippen MR) is 99.4 cm³/mol. The summed E-state index contributed by atoms with van der Waals surface area (Å²) in [5.41, 5.74) is 2.10. The van der Waals surface area contributed by atoms with E-state index >= 15 is 0 Å². The van der Waals surface area contributed by atoms with E-state index in [1.165, 1.54) is 0 Å². The minimum Gasteiger partial charge on any atom is -0.452 e. The van der Waals surface area contributed by atoms with Crippen LogP contribution in [0.15, 0.2) is 24.3 Å². The molecule has 1 saturated heterocycles. The average molecular weight is 368 g/mol. The van der Waals surface area contributed by atoms with Crippen molar-refractivity contribution in [2.24, 2.45) is 0 Å². The highest BCUT2D eigenvalue weighted by atomic mass is 16.6. The maximum absolute atomic E-state index is 12.5. The van der Waals surface area contributed by atoms with E-state index in [0.29, 0.717) is 32.1 Å². The largest absolute Gasteiger partial charge is 0.452 e. The molecule has 1 fully saturated rings. The van der Waals surface area contributed by atoms with Gasteiger partial charge in [-0.15, -0.1) is 11.8 Å². The topological polar surface area (TPSA) is 84.5 Å². The van der Waals surface area contributed by atoms with E-state index in [-0.39, 0.29) is 36.3 Å². The molecule has 2 aliphatic rings. The van der Waals surface area contributed by atoms with Gasteiger partial charge in [0, 0.05) is 25.7 Å². The summed E-state index contributed by atoms with van der Waals surface area (Å²) in [5.74, 6) is 5.08. The minimum atomic E-state index is -0.741. The number of nitrogens with one attached hydrogen (secondary N) is 2. The smallest absolute Gasteiger partial charge is 0.306 e. The first-order chi connectivity index (χ1) is 13.1. The van der Waals surface area contributed by atoms with Crippen LogP contribution in [0.2, 0.25) is 0 Å². The van der Waals surface area contributed by atoms with Crippen LogP contribution in [0.5, 0.6) is 0 Å². The van der Waals surface area contributed by atoms with Gasteiger partial charge in [-0.25, -0.2) is 0 Å². The van der Waals surface area contributed by atoms with Crippen molar-refractivity contribution in [2.45, 2.75) is 63.6 Å². The Kier molecular flexibility index (Phi) is 6.12. The first kappa shape index (κ1) is 19.0. The molecule has 27 heavy (non-hydrogen) atoms. The van der Waals surface area contributed by atoms with Crippen molar-refractivity contribution in [1.29, 1.82) is 0 Å². The fourth-order valence-corrected chi connectivity index (χ4v) is 3.61. The predicted octanol–water partition coefficient (Wildman–Crippen LogP) is 1.78. The van der Waals surface area contributed by atoms with Gasteiger partial charge in [-0.3, -0.25) is 14.4 Å². The van der Waals surface area contributed by atoms with Crippen LogP contribution in [0.25, 0.3) is 0 Å². The van der Waals surface area contributed by atoms with Gasteiger partial charge >= 0.3 is 5.97 Å². The van der Waals surface area contributed by atoms with E-state index in [9.17, 15) is 14.4 Å². The molecule has 0 spiro atoms. The van der Waals surface area contributed by atoms with Crippen molar-refractivity contribution >= 4 is 17.8 Å². The van der Waals surface area contributed by atoms with Crippen LogP contribution in [0.4, 0.5) is 0 Å². The molecule has 0 saturated carbocycles. The zero-order valence-electron chi connectivity index (χ0n) is 15.4. The first-order valence-corrected chi connectivity index (χ1v) is 9.35. The van der Waals surface area contributed by atoms with E-state index in [4.69, 9.17) is 4.74 Å². The summed E-state index contributed by atoms with van der Waals surface area (Å²) in [5, 5.41) is 6.02. The molecular weight excluding hydrogens is 344 g/mol. The Morgan fingerprint density at radius 2 is 2.07 bits per heavy atom. The molecule has 0 aromatic heterocycles. The van der Waals surface area contributed by atoms with Crippen LogP contribution in [-0.2, 0) is 25.5 Å². The highest BCUT2D eigenvalue weighted by molar-refractivity contribution is 5.87. The lowest BCUT2D eigenvalue weighted by Crippen LogP contribution is -2.46. The second-order valence-electron chi connectivity index (χ2n) is 6.86. The third-order valence-corrected chi connectivity index (χ3v) is 4.94. The van der Waals surface area contributed by atoms with Crippen molar-refractivity contribution in [2.75, 3.05) is 0 Å². The fraction of sp³-hybridized carbons (Fsp3) is 0.476. The Morgan fingerprint density at radius 3 is 2.81 bits per heavy atom. The third kappa shape index (κ3) is 4.68. The van der Waals surface area contributed by atoms with Crippen LogP contribution in [0.3, 0.4) is 0 Å². The molecule has 6 heteroatoms. The number of hydrogen-bond donors (Lipinski definition) is 2. The van der Waals surface area contributed by atoms with Crippen molar-refractivity contribution in [3.8, 4) is 11.8 Å². The lowest BCUT2D eigenvalue weighted by Gasteiger charge is -2.24. The van der Waals surface area contributed by atoms with Gasteiger partial charge in [0.1, 0.15) is 0 Å². The summed E-state index contributed by atoms with van der Waals surface area (Å²) < 4.78 is 5.06. The highest BCUT2D eigenvalue weighted by Crippen LogP contribution is 2.32. The van der Waals surface area contributed by atoms with Crippen LogP contribution >= 0.6 is 0 Å². The normalized spacial score (nSPS) is 23.0. The van der Waals surface area contributed by atoms with Gasteiger partial charge in [-0.2, -0.15) is 0 Å². The molecule has 2 amide bonds. The van der Waals surface area contributed by atoms with E-state index in [2.05, 4.69) is 22.5 Å². The third-order valence-electron chi connectivity index (χ3n) is 4.94. The van der Waals surface area contributed by atoms with Gasteiger partial charge in [-0.1, -0.05) is 24.3 Å². The second kappa shape index (κ2) is 8.72. The standard InChI is InChI=1S/C21H24N2O4/c1-2-3-4-5-10-18(24)22-16-13-14-8-6-7-9-15(14)20(16)23-21(26)17-11-12-19(25)27-17/h6-9,16-17,20H,4-5,10-13H2,1H3,(H,22,24)(H,23,26)/t16-,17+,20-/m1/s1. The molecule has 142 valence electrons. The van der Waals surface area contributed by atoms with Crippen molar-refractivity contribution < 1.29 is 19.1 Å². The number of benzene rings is 1. The lowest BCUT2D eigenvalue weighted by molar-refractivity contribution is -0.148. The summed E-state index contributed by atoms with van der Waals surface area (Å²) in [6, 6.07) is 7.29. The Labute approximate surface area is 159 Å². The monoisotopic (exact) mass is 368 g/mol. The van der Waals surface area contributed by atoms with E-state index in [0.717, 1.165) is 11.1 Å². The summed E-state index contributed by atoms with van der Waals surface area (Å²) in [6.07, 6.45) is 2.39. The number of fused-ring (bicyclic) bond motifs is 1. The number of unbranched alkanes of at least 4 members (excludes halogenated alkanes) is 1. The van der Waals surface area contributed by atoms with Gasteiger partial charge in [0.2, 0.25) is 5.91 Å². The zero-order valence-corrected chi connectivity index (χ0v) is 15.4. The molecular formula is C21H24N2O4. The Morgan fingerprint density at radius 1 is 1.26 bits per heavy atom. The van der Waals surface area contributed by atoms with Gasteiger partial charge in [0.15, 0.2) is 6.10 Å². The number of hydrogen-bond acceptors (Lipinski definition) is 4. The number of carbonyl (C=O) groups excluding carboxylic acids is 3. The molecule has 6 nitrogen and oxygen atoms in total. The number of cyclic esters (lactones) is 1. The Hall–Kier alpha value is -2.81. The van der Waals surface area contributed by atoms with E-state index in [1.54, 1.807) is 6.92 Å². The van der Waals surface area contributed by atoms with Gasteiger partial charge in [-0.05, 0) is 30.9 Å². The molecule has 1 aliphatic heterocycles. The van der Waals surface area contributed by atoms with Crippen molar-refractivity contribution in [3.63, 3.8) is 0 Å². The van der Waals surface area contributed by atoms with Gasteiger partial charge < -0.3 is 15.4 Å². The molecule has 3 rings (SSSR count). The molecule has 1 heterocycles. The SMILES string of the molecule is CC#CCCCC(=O)N[C@@H]1Cc2ccccc2[C@H]1NC(=O)[C@@H]1CCC(=O)O1. The average Bonchev–Trinajstić information content (AvgIpc) is 3.23. The number of esters is 1. The van der Waals surface area contributed by atoms with Crippen LogP contribution in [0, 0.1) is 11.8 Å². The Bertz CT molecular complexity index is 793. The molecule has 0 unspecified atom stereocenters. The van der Waals surface area contributed by atoms with Crippen LogP contribution in [0.1, 0.15) is 56.2 Å². The second-order valence-corrected chi connectivity index (χ2v) is 6.86. The van der Waals surface area contributed by atoms with E-state index in [1.807, 2.05) is 24.3 Å². The van der Waals surface area contributed by atoms with Gasteiger partial charge in [0.25, 0.3) is 5.91 Å². The highest BCUT2D eigenvalue weighted by Gasteiger charge is 2.37. The molecule has 0 radical (unpaired) electrons. The summed E-state index contributed by atoms with van der Waals surface area (Å²) in [4.78, 5) is 36.1. The number of carbonyl (C=O) groups is 3. The van der Waals surface area contributed by atoms with Crippen molar-refractivity contribution in [1.82, 2.24) is 10.6 Å². The minimum absolute atomic E-state index is 0.0442. The van der Waals surface area contributed by atoms with Gasteiger partial charge in [0.05, 0.1) is 12.1 Å². The first-order valence-electron chi connectivity index (χ1n) is 9.35. The summed E-state index contributed by atoms with van der Waals surface area (Å²) >= 11 is 0. The quantitative estimate of drug-likeness (QED) is 0.455. The number of ether oxygens (including phenoxy) is 1. The molecule has 3 atom stereocenters. The maximum atomic E-state index is 12.5. The summed E-state index contributed by atoms with van der Waals surface area (Å²) in [7, 11) is 0.